The maximum atomic E-state index is 12.7. The van der Waals surface area contributed by atoms with Crippen molar-refractivity contribution in [2.24, 2.45) is 0 Å². The van der Waals surface area contributed by atoms with Crippen LogP contribution in [0, 0.1) is 6.92 Å². The molecule has 2 aromatic heterocycles. The number of benzene rings is 1. The summed E-state index contributed by atoms with van der Waals surface area (Å²) in [6, 6.07) is 13.8. The van der Waals surface area contributed by atoms with Crippen molar-refractivity contribution in [1.29, 1.82) is 0 Å². The molecule has 0 bridgehead atoms. The number of hydrogen-bond acceptors (Lipinski definition) is 2. The van der Waals surface area contributed by atoms with Crippen molar-refractivity contribution in [3.63, 3.8) is 0 Å². The molecule has 0 aliphatic rings. The van der Waals surface area contributed by atoms with E-state index in [0.717, 1.165) is 16.9 Å². The highest BCUT2D eigenvalue weighted by Crippen LogP contribution is 2.12. The van der Waals surface area contributed by atoms with Gasteiger partial charge in [-0.3, -0.25) is 4.79 Å². The van der Waals surface area contributed by atoms with Gasteiger partial charge in [0.2, 0.25) is 0 Å². The van der Waals surface area contributed by atoms with Gasteiger partial charge < -0.3 is 9.30 Å². The lowest BCUT2D eigenvalue weighted by Crippen LogP contribution is -2.30. The molecule has 1 amide bonds. The highest BCUT2D eigenvalue weighted by molar-refractivity contribution is 5.94. The summed E-state index contributed by atoms with van der Waals surface area (Å²) in [5.41, 5.74) is 3.63. The average Bonchev–Trinajstić information content (AvgIpc) is 2.92. The van der Waals surface area contributed by atoms with Crippen LogP contribution in [-0.4, -0.2) is 26.7 Å². The van der Waals surface area contributed by atoms with Crippen molar-refractivity contribution in [2.75, 3.05) is 6.54 Å². The van der Waals surface area contributed by atoms with Crippen molar-refractivity contribution in [1.82, 2.24) is 14.3 Å². The van der Waals surface area contributed by atoms with Gasteiger partial charge in [0, 0.05) is 25.5 Å². The Morgan fingerprint density at radius 3 is 2.64 bits per heavy atom. The summed E-state index contributed by atoms with van der Waals surface area (Å²) in [5.74, 6) is 0.0413. The van der Waals surface area contributed by atoms with Crippen molar-refractivity contribution >= 4 is 11.6 Å². The van der Waals surface area contributed by atoms with Crippen LogP contribution in [0.3, 0.4) is 0 Å². The summed E-state index contributed by atoms with van der Waals surface area (Å²) in [6.45, 7) is 5.24. The van der Waals surface area contributed by atoms with Crippen LogP contribution < -0.4 is 0 Å². The third-order valence-corrected chi connectivity index (χ3v) is 3.70. The second kappa shape index (κ2) is 6.02. The zero-order valence-corrected chi connectivity index (χ0v) is 12.9. The number of imidazole rings is 1. The summed E-state index contributed by atoms with van der Waals surface area (Å²) in [7, 11) is 0. The third kappa shape index (κ3) is 2.86. The van der Waals surface area contributed by atoms with Crippen LogP contribution in [0.25, 0.3) is 5.65 Å². The molecule has 0 saturated heterocycles. The average molecular weight is 293 g/mol. The first-order valence-electron chi connectivity index (χ1n) is 7.46. The number of pyridine rings is 1. The summed E-state index contributed by atoms with van der Waals surface area (Å²) in [5, 5.41) is 0. The molecule has 0 saturated carbocycles. The Morgan fingerprint density at radius 2 is 1.91 bits per heavy atom. The summed E-state index contributed by atoms with van der Waals surface area (Å²) in [4.78, 5) is 19.0. The number of aryl methyl sites for hydroxylation is 1. The first-order valence-corrected chi connectivity index (χ1v) is 7.46. The molecule has 3 rings (SSSR count). The third-order valence-electron chi connectivity index (χ3n) is 3.70. The van der Waals surface area contributed by atoms with E-state index in [9.17, 15) is 4.79 Å². The fourth-order valence-electron chi connectivity index (χ4n) is 2.56. The number of carbonyl (C=O) groups is 1. The molecule has 4 heteroatoms. The van der Waals surface area contributed by atoms with Gasteiger partial charge in [0.15, 0.2) is 0 Å². The first kappa shape index (κ1) is 14.3. The van der Waals surface area contributed by atoms with Crippen LogP contribution in [0.1, 0.15) is 28.5 Å². The van der Waals surface area contributed by atoms with E-state index in [1.54, 1.807) is 0 Å². The zero-order chi connectivity index (χ0) is 15.5. The van der Waals surface area contributed by atoms with Gasteiger partial charge in [0.1, 0.15) is 5.65 Å². The standard InChI is InChI=1S/C18H19N3O/c1-3-20(12-15-7-5-4-6-8-15)18(22)16-9-10-17-19-14(2)11-21(17)13-16/h4-11,13H,3,12H2,1-2H3. The van der Waals surface area contributed by atoms with Gasteiger partial charge in [-0.25, -0.2) is 4.98 Å². The van der Waals surface area contributed by atoms with E-state index < -0.39 is 0 Å². The number of nitrogens with zero attached hydrogens (tertiary/aromatic N) is 3. The lowest BCUT2D eigenvalue weighted by atomic mass is 10.2. The molecule has 0 fully saturated rings. The van der Waals surface area contributed by atoms with Crippen molar-refractivity contribution in [2.45, 2.75) is 20.4 Å². The van der Waals surface area contributed by atoms with E-state index in [1.165, 1.54) is 0 Å². The number of amides is 1. The van der Waals surface area contributed by atoms with E-state index in [2.05, 4.69) is 4.98 Å². The van der Waals surface area contributed by atoms with Gasteiger partial charge in [0.05, 0.1) is 11.3 Å². The predicted octanol–water partition coefficient (Wildman–Crippen LogP) is 3.31. The molecule has 0 unspecified atom stereocenters. The Balaban J connectivity index is 1.85. The van der Waals surface area contributed by atoms with Gasteiger partial charge in [-0.2, -0.15) is 0 Å². The molecule has 0 atom stereocenters. The van der Waals surface area contributed by atoms with E-state index in [4.69, 9.17) is 0 Å². The number of hydrogen-bond donors (Lipinski definition) is 0. The maximum absolute atomic E-state index is 12.7. The predicted molar refractivity (Wildman–Crippen MR) is 86.8 cm³/mol. The summed E-state index contributed by atoms with van der Waals surface area (Å²) < 4.78 is 1.90. The molecule has 4 nitrogen and oxygen atoms in total. The van der Waals surface area contributed by atoms with Crippen LogP contribution in [-0.2, 0) is 6.54 Å². The maximum Gasteiger partial charge on any atom is 0.255 e. The van der Waals surface area contributed by atoms with Gasteiger partial charge in [-0.05, 0) is 31.5 Å². The molecule has 0 aliphatic heterocycles. The topological polar surface area (TPSA) is 37.6 Å². The van der Waals surface area contributed by atoms with E-state index in [-0.39, 0.29) is 5.91 Å². The summed E-state index contributed by atoms with van der Waals surface area (Å²) in [6.07, 6.45) is 3.78. The monoisotopic (exact) mass is 293 g/mol. The molecule has 0 radical (unpaired) electrons. The Kier molecular flexibility index (Phi) is 3.92. The van der Waals surface area contributed by atoms with Crippen molar-refractivity contribution in [3.8, 4) is 0 Å². The van der Waals surface area contributed by atoms with Gasteiger partial charge in [0.25, 0.3) is 5.91 Å². The minimum atomic E-state index is 0.0413. The van der Waals surface area contributed by atoms with E-state index in [0.29, 0.717) is 18.7 Å². The van der Waals surface area contributed by atoms with Crippen LogP contribution in [0.2, 0.25) is 0 Å². The molecule has 2 heterocycles. The molecule has 0 spiro atoms. The first-order chi connectivity index (χ1) is 10.7. The van der Waals surface area contributed by atoms with E-state index >= 15 is 0 Å². The van der Waals surface area contributed by atoms with Crippen molar-refractivity contribution in [3.05, 3.63) is 71.7 Å². The largest absolute Gasteiger partial charge is 0.335 e. The molecule has 22 heavy (non-hydrogen) atoms. The quantitative estimate of drug-likeness (QED) is 0.740. The van der Waals surface area contributed by atoms with Crippen molar-refractivity contribution < 1.29 is 4.79 Å². The Labute approximate surface area is 130 Å². The van der Waals surface area contributed by atoms with Crippen LogP contribution in [0.4, 0.5) is 0 Å². The number of fused-ring (bicyclic) bond motifs is 1. The smallest absolute Gasteiger partial charge is 0.255 e. The molecule has 0 N–H and O–H groups in total. The number of aromatic nitrogens is 2. The molecule has 0 aliphatic carbocycles. The molecule has 3 aromatic rings. The Hall–Kier alpha value is -2.62. The normalized spacial score (nSPS) is 10.8. The molecule has 112 valence electrons. The fraction of sp³-hybridized carbons (Fsp3) is 0.222. The highest BCUT2D eigenvalue weighted by Gasteiger charge is 2.15. The van der Waals surface area contributed by atoms with Gasteiger partial charge >= 0.3 is 0 Å². The number of carbonyl (C=O) groups excluding carboxylic acids is 1. The van der Waals surface area contributed by atoms with E-state index in [1.807, 2.05) is 78.0 Å². The second-order valence-electron chi connectivity index (χ2n) is 5.37. The second-order valence-corrected chi connectivity index (χ2v) is 5.37. The number of rotatable bonds is 4. The fourth-order valence-corrected chi connectivity index (χ4v) is 2.56. The summed E-state index contributed by atoms with van der Waals surface area (Å²) >= 11 is 0. The van der Waals surface area contributed by atoms with Gasteiger partial charge in [-0.15, -0.1) is 0 Å². The van der Waals surface area contributed by atoms with Crippen LogP contribution >= 0.6 is 0 Å². The van der Waals surface area contributed by atoms with Gasteiger partial charge in [-0.1, -0.05) is 30.3 Å². The van der Waals surface area contributed by atoms with Crippen LogP contribution in [0.15, 0.2) is 54.9 Å². The Morgan fingerprint density at radius 1 is 1.14 bits per heavy atom. The van der Waals surface area contributed by atoms with Crippen LogP contribution in [0.5, 0.6) is 0 Å². The lowest BCUT2D eigenvalue weighted by molar-refractivity contribution is 0.0752. The molecular weight excluding hydrogens is 274 g/mol. The lowest BCUT2D eigenvalue weighted by Gasteiger charge is -2.21. The minimum absolute atomic E-state index is 0.0413. The highest BCUT2D eigenvalue weighted by atomic mass is 16.2. The molecule has 1 aromatic carbocycles. The molecular formula is C18H19N3O. The SMILES string of the molecule is CCN(Cc1ccccc1)C(=O)c1ccc2nc(C)cn2c1. The zero-order valence-electron chi connectivity index (χ0n) is 12.9. The Bertz CT molecular complexity index is 792. The minimum Gasteiger partial charge on any atom is -0.335 e.